The van der Waals surface area contributed by atoms with Gasteiger partial charge >= 0.3 is 0 Å². The van der Waals surface area contributed by atoms with Gasteiger partial charge in [0, 0.05) is 12.6 Å². The summed E-state index contributed by atoms with van der Waals surface area (Å²) in [5.74, 6) is 0. The highest BCUT2D eigenvalue weighted by molar-refractivity contribution is 7.89. The number of nitrogens with zero attached hydrogens (tertiary/aromatic N) is 2. The van der Waals surface area contributed by atoms with E-state index in [1.807, 2.05) is 13.0 Å². The molecule has 1 heterocycles. The maximum absolute atomic E-state index is 12.4. The molecule has 2 rings (SSSR count). The predicted octanol–water partition coefficient (Wildman–Crippen LogP) is 1.63. The predicted molar refractivity (Wildman–Crippen MR) is 81.4 cm³/mol. The number of benzene rings is 1. The van der Waals surface area contributed by atoms with Gasteiger partial charge in [-0.25, -0.2) is 13.1 Å². The lowest BCUT2D eigenvalue weighted by Gasteiger charge is -2.21. The summed E-state index contributed by atoms with van der Waals surface area (Å²) in [7, 11) is -3.54. The van der Waals surface area contributed by atoms with Crippen molar-refractivity contribution in [2.45, 2.75) is 37.6 Å². The first-order valence-corrected chi connectivity index (χ1v) is 8.66. The van der Waals surface area contributed by atoms with Crippen molar-refractivity contribution in [3.8, 4) is 6.07 Å². The van der Waals surface area contributed by atoms with E-state index in [0.717, 1.165) is 19.6 Å². The molecule has 0 bridgehead atoms. The molecule has 5 nitrogen and oxygen atoms in total. The summed E-state index contributed by atoms with van der Waals surface area (Å²) >= 11 is 0. The largest absolute Gasteiger partial charge is 0.302 e. The van der Waals surface area contributed by atoms with Gasteiger partial charge in [-0.15, -0.1) is 0 Å². The summed E-state index contributed by atoms with van der Waals surface area (Å²) < 4.78 is 27.6. The second-order valence-corrected chi connectivity index (χ2v) is 7.30. The number of rotatable bonds is 5. The van der Waals surface area contributed by atoms with E-state index in [1.165, 1.54) is 25.0 Å². The van der Waals surface area contributed by atoms with Gasteiger partial charge in [-0.3, -0.25) is 0 Å². The van der Waals surface area contributed by atoms with E-state index >= 15 is 0 Å². The highest BCUT2D eigenvalue weighted by atomic mass is 32.2. The van der Waals surface area contributed by atoms with Crippen molar-refractivity contribution in [2.75, 3.05) is 19.6 Å². The van der Waals surface area contributed by atoms with Crippen molar-refractivity contribution in [3.63, 3.8) is 0 Å². The van der Waals surface area contributed by atoms with E-state index < -0.39 is 10.0 Å². The maximum atomic E-state index is 12.4. The van der Waals surface area contributed by atoms with Crippen LogP contribution in [0.25, 0.3) is 0 Å². The van der Waals surface area contributed by atoms with E-state index in [4.69, 9.17) is 5.26 Å². The molecule has 21 heavy (non-hydrogen) atoms. The average Bonchev–Trinajstić information content (AvgIpc) is 2.90. The van der Waals surface area contributed by atoms with Crippen molar-refractivity contribution in [2.24, 2.45) is 0 Å². The van der Waals surface area contributed by atoms with Crippen molar-refractivity contribution in [1.82, 2.24) is 9.62 Å². The summed E-state index contributed by atoms with van der Waals surface area (Å²) in [4.78, 5) is 2.52. The smallest absolute Gasteiger partial charge is 0.241 e. The van der Waals surface area contributed by atoms with Crippen LogP contribution in [0.5, 0.6) is 0 Å². The fourth-order valence-electron chi connectivity index (χ4n) is 2.74. The molecule has 0 aromatic heterocycles. The van der Waals surface area contributed by atoms with Gasteiger partial charge in [0.15, 0.2) is 0 Å². The zero-order valence-electron chi connectivity index (χ0n) is 12.5. The average molecular weight is 307 g/mol. The number of sulfonamides is 1. The number of nitrogens with one attached hydrogen (secondary N) is 1. The molecule has 1 fully saturated rings. The highest BCUT2D eigenvalue weighted by Gasteiger charge is 2.22. The summed E-state index contributed by atoms with van der Waals surface area (Å²) in [5.41, 5.74) is 1.06. The Morgan fingerprint density at radius 2 is 2.05 bits per heavy atom. The molecule has 1 saturated heterocycles. The molecular weight excluding hydrogens is 286 g/mol. The molecule has 1 aliphatic heterocycles. The van der Waals surface area contributed by atoms with E-state index in [1.54, 1.807) is 13.0 Å². The molecule has 0 saturated carbocycles. The van der Waals surface area contributed by atoms with Crippen LogP contribution in [0, 0.1) is 18.3 Å². The van der Waals surface area contributed by atoms with Gasteiger partial charge in [-0.05, 0) is 63.5 Å². The monoisotopic (exact) mass is 307 g/mol. The van der Waals surface area contributed by atoms with Crippen LogP contribution in [0.4, 0.5) is 0 Å². The molecule has 0 aliphatic carbocycles. The summed E-state index contributed by atoms with van der Waals surface area (Å²) in [6.45, 7) is 6.41. The van der Waals surface area contributed by atoms with Crippen LogP contribution in [-0.2, 0) is 10.0 Å². The molecule has 1 aromatic rings. The molecule has 0 radical (unpaired) electrons. The zero-order valence-corrected chi connectivity index (χ0v) is 13.3. The standard InChI is InChI=1S/C15H21N3O2S/c1-12-9-14(10-16)5-6-15(12)21(19,20)17-13(2)11-18-7-3-4-8-18/h5-6,9,13,17H,3-4,7-8,11H2,1-2H3. The van der Waals surface area contributed by atoms with Crippen molar-refractivity contribution < 1.29 is 8.42 Å². The second kappa shape index (κ2) is 6.56. The number of likely N-dealkylation sites (tertiary alicyclic amines) is 1. The van der Waals surface area contributed by atoms with Crippen LogP contribution in [0.15, 0.2) is 23.1 Å². The van der Waals surface area contributed by atoms with Gasteiger partial charge in [-0.2, -0.15) is 5.26 Å². The topological polar surface area (TPSA) is 73.2 Å². The maximum Gasteiger partial charge on any atom is 0.241 e. The van der Waals surface area contributed by atoms with Gasteiger partial charge in [0.25, 0.3) is 0 Å². The molecule has 1 aliphatic rings. The summed E-state index contributed by atoms with van der Waals surface area (Å²) in [5, 5.41) is 8.84. The molecule has 1 atom stereocenters. The lowest BCUT2D eigenvalue weighted by molar-refractivity contribution is 0.313. The lowest BCUT2D eigenvalue weighted by Crippen LogP contribution is -2.41. The Labute approximate surface area is 126 Å². The Balaban J connectivity index is 2.09. The molecule has 1 unspecified atom stereocenters. The van der Waals surface area contributed by atoms with Crippen LogP contribution in [0.2, 0.25) is 0 Å². The van der Waals surface area contributed by atoms with Gasteiger partial charge in [0.1, 0.15) is 0 Å². The Bertz CT molecular complexity index is 643. The number of hydrogen-bond donors (Lipinski definition) is 1. The Kier molecular flexibility index (Phi) is 4.99. The van der Waals surface area contributed by atoms with Crippen LogP contribution < -0.4 is 4.72 Å². The summed E-state index contributed by atoms with van der Waals surface area (Å²) in [6, 6.07) is 6.51. The first-order chi connectivity index (χ1) is 9.92. The zero-order chi connectivity index (χ0) is 15.5. The third-order valence-electron chi connectivity index (χ3n) is 3.68. The Hall–Kier alpha value is -1.42. The highest BCUT2D eigenvalue weighted by Crippen LogP contribution is 2.17. The minimum Gasteiger partial charge on any atom is -0.302 e. The Morgan fingerprint density at radius 1 is 1.38 bits per heavy atom. The Morgan fingerprint density at radius 3 is 2.62 bits per heavy atom. The quantitative estimate of drug-likeness (QED) is 0.897. The first kappa shape index (κ1) is 16.0. The molecule has 1 aromatic carbocycles. The molecule has 0 amide bonds. The second-order valence-electron chi connectivity index (χ2n) is 5.62. The van der Waals surface area contributed by atoms with Gasteiger partial charge in [0.2, 0.25) is 10.0 Å². The molecular formula is C15H21N3O2S. The molecule has 6 heteroatoms. The fourth-order valence-corrected chi connectivity index (χ4v) is 4.20. The first-order valence-electron chi connectivity index (χ1n) is 7.18. The van der Waals surface area contributed by atoms with Crippen LogP contribution >= 0.6 is 0 Å². The third-order valence-corrected chi connectivity index (χ3v) is 5.43. The molecule has 0 spiro atoms. The van der Waals surface area contributed by atoms with Crippen molar-refractivity contribution >= 4 is 10.0 Å². The van der Waals surface area contributed by atoms with Crippen LogP contribution in [-0.4, -0.2) is 39.0 Å². The van der Waals surface area contributed by atoms with E-state index in [0.29, 0.717) is 11.1 Å². The fraction of sp³-hybridized carbons (Fsp3) is 0.533. The van der Waals surface area contributed by atoms with E-state index in [-0.39, 0.29) is 10.9 Å². The summed E-state index contributed by atoms with van der Waals surface area (Å²) in [6.07, 6.45) is 2.38. The van der Waals surface area contributed by atoms with Crippen molar-refractivity contribution in [3.05, 3.63) is 29.3 Å². The third kappa shape index (κ3) is 4.03. The minimum atomic E-state index is -3.54. The van der Waals surface area contributed by atoms with E-state index in [2.05, 4.69) is 9.62 Å². The number of nitriles is 1. The molecule has 1 N–H and O–H groups in total. The normalized spacial score (nSPS) is 17.6. The number of hydrogen-bond acceptors (Lipinski definition) is 4. The van der Waals surface area contributed by atoms with Crippen LogP contribution in [0.3, 0.4) is 0 Å². The number of aryl methyl sites for hydroxylation is 1. The SMILES string of the molecule is Cc1cc(C#N)ccc1S(=O)(=O)NC(C)CN1CCCC1. The van der Waals surface area contributed by atoms with E-state index in [9.17, 15) is 8.42 Å². The van der Waals surface area contributed by atoms with Gasteiger partial charge in [-0.1, -0.05) is 0 Å². The van der Waals surface area contributed by atoms with Crippen molar-refractivity contribution in [1.29, 1.82) is 5.26 Å². The van der Waals surface area contributed by atoms with Gasteiger partial charge < -0.3 is 4.90 Å². The van der Waals surface area contributed by atoms with Crippen LogP contribution in [0.1, 0.15) is 30.9 Å². The molecule has 114 valence electrons. The van der Waals surface area contributed by atoms with Gasteiger partial charge in [0.05, 0.1) is 16.5 Å². The minimum absolute atomic E-state index is 0.136. The lowest BCUT2D eigenvalue weighted by atomic mass is 10.2.